The molecule has 0 amide bonds. The maximum atomic E-state index is 13.3. The molecule has 0 radical (unpaired) electrons. The van der Waals surface area contributed by atoms with Gasteiger partial charge in [-0.3, -0.25) is 9.59 Å². The van der Waals surface area contributed by atoms with Crippen LogP contribution in [0.2, 0.25) is 0 Å². The molecule has 2 aromatic carbocycles. The van der Waals surface area contributed by atoms with Crippen molar-refractivity contribution in [3.63, 3.8) is 0 Å². The zero-order valence-electron chi connectivity index (χ0n) is 20.8. The summed E-state index contributed by atoms with van der Waals surface area (Å²) in [4.78, 5) is 51.0. The maximum absolute atomic E-state index is 13.3. The number of unbranched alkanes of at least 4 members (excludes halogenated alkanes) is 6. The summed E-state index contributed by atoms with van der Waals surface area (Å²) in [5.41, 5.74) is 0.0247. The normalized spacial score (nSPS) is 11.9. The fraction of sp³-hybridized carbons (Fsp3) is 0.429. The smallest absolute Gasteiger partial charge is 0.434 e. The Bertz CT molecular complexity index is 1020. The lowest BCUT2D eigenvalue weighted by Gasteiger charge is -2.21. The van der Waals surface area contributed by atoms with Crippen molar-refractivity contribution in [2.75, 3.05) is 13.2 Å². The third kappa shape index (κ3) is 6.71. The first kappa shape index (κ1) is 26.9. The molecule has 36 heavy (non-hydrogen) atoms. The van der Waals surface area contributed by atoms with Gasteiger partial charge in [-0.05, 0) is 25.0 Å². The molecule has 0 saturated carbocycles. The number of hydrogen-bond donors (Lipinski definition) is 0. The van der Waals surface area contributed by atoms with E-state index in [2.05, 4.69) is 13.8 Å². The summed E-state index contributed by atoms with van der Waals surface area (Å²) in [7, 11) is 0. The van der Waals surface area contributed by atoms with Gasteiger partial charge in [-0.1, -0.05) is 76.6 Å². The Balaban J connectivity index is 1.74. The van der Waals surface area contributed by atoms with E-state index in [9.17, 15) is 19.2 Å². The van der Waals surface area contributed by atoms with Crippen molar-refractivity contribution in [2.24, 2.45) is 0 Å². The van der Waals surface area contributed by atoms with E-state index in [4.69, 9.17) is 18.9 Å². The van der Waals surface area contributed by atoms with Gasteiger partial charge in [0.15, 0.2) is 11.6 Å². The molecule has 0 saturated heterocycles. The Morgan fingerprint density at radius 2 is 1.03 bits per heavy atom. The van der Waals surface area contributed by atoms with Crippen molar-refractivity contribution in [1.82, 2.24) is 0 Å². The monoisotopic (exact) mass is 496 g/mol. The van der Waals surface area contributed by atoms with Gasteiger partial charge in [0.1, 0.15) is 11.5 Å². The van der Waals surface area contributed by atoms with Gasteiger partial charge in [-0.15, -0.1) is 0 Å². The zero-order valence-corrected chi connectivity index (χ0v) is 20.8. The number of benzene rings is 2. The molecule has 0 bridgehead atoms. The van der Waals surface area contributed by atoms with E-state index in [0.717, 1.165) is 38.5 Å². The molecular formula is C28H32O8. The van der Waals surface area contributed by atoms with Crippen LogP contribution in [0.25, 0.3) is 0 Å². The molecule has 0 fully saturated rings. The molecule has 8 nitrogen and oxygen atoms in total. The average Bonchev–Trinajstić information content (AvgIpc) is 2.87. The van der Waals surface area contributed by atoms with Crippen LogP contribution in [0.3, 0.4) is 0 Å². The Morgan fingerprint density at radius 1 is 0.611 bits per heavy atom. The fourth-order valence-corrected chi connectivity index (χ4v) is 3.96. The van der Waals surface area contributed by atoms with Crippen molar-refractivity contribution >= 4 is 23.9 Å². The van der Waals surface area contributed by atoms with Gasteiger partial charge in [0.2, 0.25) is 0 Å². The molecule has 3 rings (SSSR count). The lowest BCUT2D eigenvalue weighted by molar-refractivity contribution is 0.0911. The topological polar surface area (TPSA) is 105 Å². The molecular weight excluding hydrogens is 464 g/mol. The van der Waals surface area contributed by atoms with Gasteiger partial charge >= 0.3 is 12.3 Å². The van der Waals surface area contributed by atoms with Crippen LogP contribution in [0.5, 0.6) is 11.5 Å². The molecule has 8 heteroatoms. The van der Waals surface area contributed by atoms with Gasteiger partial charge in [-0.2, -0.15) is 0 Å². The van der Waals surface area contributed by atoms with Gasteiger partial charge in [0.05, 0.1) is 24.3 Å². The van der Waals surface area contributed by atoms with Crippen LogP contribution in [0.4, 0.5) is 9.59 Å². The van der Waals surface area contributed by atoms with Crippen LogP contribution in [0, 0.1) is 0 Å². The van der Waals surface area contributed by atoms with Crippen molar-refractivity contribution < 1.29 is 38.1 Å². The van der Waals surface area contributed by atoms with Crippen LogP contribution < -0.4 is 9.47 Å². The number of carbonyl (C=O) groups excluding carboxylic acids is 4. The summed E-state index contributed by atoms with van der Waals surface area (Å²) in [5.74, 6) is -1.17. The summed E-state index contributed by atoms with van der Waals surface area (Å²) in [5, 5.41) is 0. The van der Waals surface area contributed by atoms with E-state index >= 15 is 0 Å². The number of carbonyl (C=O) groups is 4. The largest absolute Gasteiger partial charge is 0.513 e. The Morgan fingerprint density at radius 3 is 1.42 bits per heavy atom. The van der Waals surface area contributed by atoms with Crippen LogP contribution >= 0.6 is 0 Å². The zero-order chi connectivity index (χ0) is 25.9. The fourth-order valence-electron chi connectivity index (χ4n) is 3.96. The Hall–Kier alpha value is -3.68. The molecule has 0 unspecified atom stereocenters. The number of fused-ring (bicyclic) bond motifs is 2. The first-order valence-electron chi connectivity index (χ1n) is 12.5. The third-order valence-corrected chi connectivity index (χ3v) is 5.82. The minimum atomic E-state index is -0.940. The van der Waals surface area contributed by atoms with E-state index in [0.29, 0.717) is 12.8 Å². The predicted octanol–water partition coefficient (Wildman–Crippen LogP) is 6.65. The minimum Gasteiger partial charge on any atom is -0.434 e. The molecule has 0 heterocycles. The molecule has 2 aromatic rings. The highest BCUT2D eigenvalue weighted by molar-refractivity contribution is 6.30. The quantitative estimate of drug-likeness (QED) is 0.156. The minimum absolute atomic E-state index is 0.0337. The van der Waals surface area contributed by atoms with Gasteiger partial charge in [0, 0.05) is 11.1 Å². The highest BCUT2D eigenvalue weighted by Gasteiger charge is 2.35. The van der Waals surface area contributed by atoms with E-state index < -0.39 is 23.9 Å². The average molecular weight is 497 g/mol. The first-order valence-corrected chi connectivity index (χ1v) is 12.5. The van der Waals surface area contributed by atoms with Crippen molar-refractivity contribution in [1.29, 1.82) is 0 Å². The van der Waals surface area contributed by atoms with Crippen LogP contribution in [0.1, 0.15) is 97.1 Å². The predicted molar refractivity (Wildman–Crippen MR) is 132 cm³/mol. The van der Waals surface area contributed by atoms with Crippen molar-refractivity contribution in [2.45, 2.75) is 65.2 Å². The third-order valence-electron chi connectivity index (χ3n) is 5.82. The summed E-state index contributed by atoms with van der Waals surface area (Å²) >= 11 is 0. The highest BCUT2D eigenvalue weighted by atomic mass is 16.7. The summed E-state index contributed by atoms with van der Waals surface area (Å²) in [6, 6.07) is 8.81. The first-order chi connectivity index (χ1) is 17.5. The Labute approximate surface area is 210 Å². The van der Waals surface area contributed by atoms with Crippen LogP contribution in [0.15, 0.2) is 36.4 Å². The molecule has 1 aliphatic rings. The van der Waals surface area contributed by atoms with Crippen LogP contribution in [-0.4, -0.2) is 37.1 Å². The number of ketones is 2. The molecule has 0 N–H and O–H groups in total. The highest BCUT2D eigenvalue weighted by Crippen LogP contribution is 2.37. The second-order valence-corrected chi connectivity index (χ2v) is 8.54. The van der Waals surface area contributed by atoms with Gasteiger partial charge in [-0.25, -0.2) is 9.59 Å². The summed E-state index contributed by atoms with van der Waals surface area (Å²) in [6.45, 7) is 4.58. The second kappa shape index (κ2) is 13.4. The van der Waals surface area contributed by atoms with E-state index in [1.54, 1.807) is 0 Å². The number of hydrogen-bond acceptors (Lipinski definition) is 8. The molecule has 192 valence electrons. The van der Waals surface area contributed by atoms with Gasteiger partial charge < -0.3 is 18.9 Å². The lowest BCUT2D eigenvalue weighted by atomic mass is 9.83. The van der Waals surface area contributed by atoms with Crippen LogP contribution in [-0.2, 0) is 9.47 Å². The standard InChI is InChI=1S/C28H32O8/c1-3-5-7-9-17-33-27(31)35-21-15-11-13-19-23(21)25(29)20-14-12-16-22(24(20)26(19)30)36-28(32)34-18-10-8-6-4-2/h11-16H,3-10,17-18H2,1-2H3. The van der Waals surface area contributed by atoms with E-state index in [-0.39, 0.29) is 47.0 Å². The summed E-state index contributed by atoms with van der Waals surface area (Å²) in [6.07, 6.45) is 5.63. The van der Waals surface area contributed by atoms with E-state index in [1.165, 1.54) is 36.4 Å². The van der Waals surface area contributed by atoms with Crippen molar-refractivity contribution in [3.8, 4) is 11.5 Å². The second-order valence-electron chi connectivity index (χ2n) is 8.54. The molecule has 0 aromatic heterocycles. The summed E-state index contributed by atoms with van der Waals surface area (Å²) < 4.78 is 20.8. The van der Waals surface area contributed by atoms with Gasteiger partial charge in [0.25, 0.3) is 0 Å². The molecule has 1 aliphatic carbocycles. The molecule has 0 aliphatic heterocycles. The molecule has 0 spiro atoms. The Kier molecular flexibility index (Phi) is 10.0. The lowest BCUT2D eigenvalue weighted by Crippen LogP contribution is -2.24. The van der Waals surface area contributed by atoms with Crippen molar-refractivity contribution in [3.05, 3.63) is 58.7 Å². The maximum Gasteiger partial charge on any atom is 0.513 e. The molecule has 0 atom stereocenters. The number of rotatable bonds is 12. The van der Waals surface area contributed by atoms with E-state index in [1.807, 2.05) is 0 Å². The number of ether oxygens (including phenoxy) is 4. The SMILES string of the molecule is CCCCCCOC(=O)Oc1cccc2c1C(=O)c1cccc(OC(=O)OCCCCCC)c1C2=O.